The summed E-state index contributed by atoms with van der Waals surface area (Å²) in [6.07, 6.45) is 1.88. The van der Waals surface area contributed by atoms with Gasteiger partial charge >= 0.3 is 0 Å². The second kappa shape index (κ2) is 6.18. The van der Waals surface area contributed by atoms with E-state index in [1.54, 1.807) is 23.6 Å². The van der Waals surface area contributed by atoms with Crippen molar-refractivity contribution >= 4 is 11.6 Å². The highest BCUT2D eigenvalue weighted by atomic mass is 16.2. The van der Waals surface area contributed by atoms with Gasteiger partial charge in [-0.1, -0.05) is 17.3 Å². The number of benzene rings is 1. The number of carbonyl (C=O) groups excluding carboxylic acids is 1. The molecule has 1 aromatic carbocycles. The van der Waals surface area contributed by atoms with Gasteiger partial charge in [0.2, 0.25) is 5.91 Å². The quantitative estimate of drug-likeness (QED) is 0.894. The van der Waals surface area contributed by atoms with Gasteiger partial charge in [0.05, 0.1) is 6.54 Å². The molecule has 1 amide bonds. The number of rotatable bonds is 5. The van der Waals surface area contributed by atoms with E-state index in [2.05, 4.69) is 15.6 Å². The highest BCUT2D eigenvalue weighted by Gasteiger charge is 2.04. The Hall–Kier alpha value is -2.37. The lowest BCUT2D eigenvalue weighted by Crippen LogP contribution is -2.23. The fourth-order valence-corrected chi connectivity index (χ4v) is 1.83. The van der Waals surface area contributed by atoms with Gasteiger partial charge in [0.1, 0.15) is 5.69 Å². The second-order valence-corrected chi connectivity index (χ2v) is 4.81. The summed E-state index contributed by atoms with van der Waals surface area (Å²) < 4.78 is 1.68. The van der Waals surface area contributed by atoms with Crippen LogP contribution in [-0.2, 0) is 24.9 Å². The number of nitrogens with one attached hydrogen (secondary N) is 1. The summed E-state index contributed by atoms with van der Waals surface area (Å²) in [7, 11) is 3.64. The fourth-order valence-electron chi connectivity index (χ4n) is 1.83. The third kappa shape index (κ3) is 3.81. The number of carbonyl (C=O) groups is 1. The average molecular weight is 273 g/mol. The Labute approximate surface area is 118 Å². The third-order valence-corrected chi connectivity index (χ3v) is 3.01. The van der Waals surface area contributed by atoms with Crippen LogP contribution in [0.2, 0.25) is 0 Å². The number of anilines is 1. The van der Waals surface area contributed by atoms with Crippen LogP contribution >= 0.6 is 0 Å². The van der Waals surface area contributed by atoms with Crippen molar-refractivity contribution in [3.63, 3.8) is 0 Å². The van der Waals surface area contributed by atoms with E-state index < -0.39 is 0 Å². The van der Waals surface area contributed by atoms with Gasteiger partial charge < -0.3 is 10.2 Å². The van der Waals surface area contributed by atoms with E-state index in [4.69, 9.17) is 0 Å². The van der Waals surface area contributed by atoms with Crippen LogP contribution in [0.5, 0.6) is 0 Å². The normalized spacial score (nSPS) is 10.3. The zero-order valence-corrected chi connectivity index (χ0v) is 12.0. The molecule has 0 aliphatic rings. The molecule has 0 bridgehead atoms. The molecule has 0 aliphatic heterocycles. The minimum absolute atomic E-state index is 0.0583. The van der Waals surface area contributed by atoms with Gasteiger partial charge in [-0.05, 0) is 17.7 Å². The molecule has 1 N–H and O–H groups in total. The molecule has 1 aromatic heterocycles. The first-order valence-corrected chi connectivity index (χ1v) is 6.44. The summed E-state index contributed by atoms with van der Waals surface area (Å²) >= 11 is 0. The van der Waals surface area contributed by atoms with Gasteiger partial charge in [-0.2, -0.15) is 0 Å². The molecule has 0 saturated heterocycles. The van der Waals surface area contributed by atoms with Crippen LogP contribution in [0, 0.1) is 0 Å². The molecule has 106 valence electrons. The van der Waals surface area contributed by atoms with Gasteiger partial charge in [0, 0.05) is 39.4 Å². The van der Waals surface area contributed by atoms with Crippen molar-refractivity contribution in [2.24, 2.45) is 7.05 Å². The first-order valence-electron chi connectivity index (χ1n) is 6.44. The second-order valence-electron chi connectivity index (χ2n) is 4.81. The minimum atomic E-state index is 0.0583. The van der Waals surface area contributed by atoms with Crippen molar-refractivity contribution in [3.05, 3.63) is 41.7 Å². The predicted molar refractivity (Wildman–Crippen MR) is 76.9 cm³/mol. The van der Waals surface area contributed by atoms with E-state index in [1.807, 2.05) is 37.5 Å². The number of hydrogen-bond donors (Lipinski definition) is 1. The maximum absolute atomic E-state index is 11.2. The summed E-state index contributed by atoms with van der Waals surface area (Å²) in [6, 6.07) is 8.01. The fraction of sp³-hybridized carbons (Fsp3) is 0.357. The Morgan fingerprint density at radius 1 is 1.45 bits per heavy atom. The number of aryl methyl sites for hydroxylation is 1. The maximum atomic E-state index is 11.2. The Bertz CT molecular complexity index is 593. The minimum Gasteiger partial charge on any atom is -0.379 e. The molecule has 6 nitrogen and oxygen atoms in total. The molecule has 20 heavy (non-hydrogen) atoms. The van der Waals surface area contributed by atoms with Crippen LogP contribution in [0.1, 0.15) is 18.2 Å². The highest BCUT2D eigenvalue weighted by Crippen LogP contribution is 2.13. The summed E-state index contributed by atoms with van der Waals surface area (Å²) in [5, 5.41) is 11.2. The van der Waals surface area contributed by atoms with Crippen molar-refractivity contribution in [2.75, 3.05) is 12.4 Å². The first kappa shape index (κ1) is 14.0. The van der Waals surface area contributed by atoms with Crippen LogP contribution in [0.25, 0.3) is 0 Å². The van der Waals surface area contributed by atoms with Crippen molar-refractivity contribution in [3.8, 4) is 0 Å². The largest absolute Gasteiger partial charge is 0.379 e. The Morgan fingerprint density at radius 2 is 2.25 bits per heavy atom. The smallest absolute Gasteiger partial charge is 0.219 e. The molecule has 2 rings (SSSR count). The van der Waals surface area contributed by atoms with Crippen molar-refractivity contribution in [1.29, 1.82) is 0 Å². The van der Waals surface area contributed by atoms with E-state index in [-0.39, 0.29) is 5.91 Å². The Kier molecular flexibility index (Phi) is 4.34. The standard InChI is InChI=1S/C14H19N5O/c1-11(20)18(2)9-12-5-4-6-13(7-12)15-8-14-10-19(3)17-16-14/h4-7,10,15H,8-9H2,1-3H3. The highest BCUT2D eigenvalue weighted by molar-refractivity contribution is 5.72. The van der Waals surface area contributed by atoms with Crippen LogP contribution in [0.15, 0.2) is 30.5 Å². The maximum Gasteiger partial charge on any atom is 0.219 e. The average Bonchev–Trinajstić information content (AvgIpc) is 2.82. The lowest BCUT2D eigenvalue weighted by atomic mass is 10.2. The van der Waals surface area contributed by atoms with Crippen molar-refractivity contribution in [2.45, 2.75) is 20.0 Å². The van der Waals surface area contributed by atoms with E-state index in [1.165, 1.54) is 0 Å². The predicted octanol–water partition coefficient (Wildman–Crippen LogP) is 1.41. The molecule has 1 heterocycles. The van der Waals surface area contributed by atoms with Gasteiger partial charge in [-0.3, -0.25) is 9.48 Å². The van der Waals surface area contributed by atoms with Crippen LogP contribution in [0.4, 0.5) is 5.69 Å². The number of amides is 1. The molecule has 0 fully saturated rings. The molecule has 0 unspecified atom stereocenters. The lowest BCUT2D eigenvalue weighted by Gasteiger charge is -2.15. The van der Waals surface area contributed by atoms with Crippen LogP contribution in [-0.4, -0.2) is 32.8 Å². The van der Waals surface area contributed by atoms with E-state index in [0.717, 1.165) is 16.9 Å². The molecular formula is C14H19N5O. The first-order chi connectivity index (χ1) is 9.54. The SMILES string of the molecule is CC(=O)N(C)Cc1cccc(NCc2cn(C)nn2)c1. The van der Waals surface area contributed by atoms with Crippen LogP contribution < -0.4 is 5.32 Å². The number of aromatic nitrogens is 3. The van der Waals surface area contributed by atoms with Crippen molar-refractivity contribution in [1.82, 2.24) is 19.9 Å². The zero-order valence-electron chi connectivity index (χ0n) is 12.0. The van der Waals surface area contributed by atoms with Gasteiger partial charge in [0.25, 0.3) is 0 Å². The topological polar surface area (TPSA) is 63.1 Å². The number of hydrogen-bond acceptors (Lipinski definition) is 4. The molecule has 0 spiro atoms. The van der Waals surface area contributed by atoms with Gasteiger partial charge in [-0.15, -0.1) is 5.10 Å². The molecule has 0 atom stereocenters. The number of nitrogens with zero attached hydrogens (tertiary/aromatic N) is 4. The summed E-state index contributed by atoms with van der Waals surface area (Å²) in [5.41, 5.74) is 2.98. The molecule has 0 saturated carbocycles. The molecule has 0 aliphatic carbocycles. The zero-order chi connectivity index (χ0) is 14.5. The Balaban J connectivity index is 1.97. The molecule has 0 radical (unpaired) electrons. The molecular weight excluding hydrogens is 254 g/mol. The monoisotopic (exact) mass is 273 g/mol. The Morgan fingerprint density at radius 3 is 2.90 bits per heavy atom. The summed E-state index contributed by atoms with van der Waals surface area (Å²) in [4.78, 5) is 12.9. The van der Waals surface area contributed by atoms with Gasteiger partial charge in [-0.25, -0.2) is 0 Å². The summed E-state index contributed by atoms with van der Waals surface area (Å²) in [5.74, 6) is 0.0583. The lowest BCUT2D eigenvalue weighted by molar-refractivity contribution is -0.128. The summed E-state index contributed by atoms with van der Waals surface area (Å²) in [6.45, 7) is 2.80. The van der Waals surface area contributed by atoms with Gasteiger partial charge in [0.15, 0.2) is 0 Å². The van der Waals surface area contributed by atoms with E-state index >= 15 is 0 Å². The van der Waals surface area contributed by atoms with E-state index in [0.29, 0.717) is 13.1 Å². The molecule has 6 heteroatoms. The third-order valence-electron chi connectivity index (χ3n) is 3.01. The molecule has 2 aromatic rings. The van der Waals surface area contributed by atoms with Crippen molar-refractivity contribution < 1.29 is 4.79 Å². The van der Waals surface area contributed by atoms with E-state index in [9.17, 15) is 4.79 Å². The van der Waals surface area contributed by atoms with Crippen LogP contribution in [0.3, 0.4) is 0 Å².